The predicted molar refractivity (Wildman–Crippen MR) is 115 cm³/mol. The molecule has 4 aromatic rings. The number of carbonyl (C=O) groups excluding carboxylic acids is 1. The maximum absolute atomic E-state index is 12.2. The summed E-state index contributed by atoms with van der Waals surface area (Å²) in [5.74, 6) is -0.231. The van der Waals surface area contributed by atoms with Crippen molar-refractivity contribution < 1.29 is 9.90 Å². The molecule has 0 saturated heterocycles. The highest BCUT2D eigenvalue weighted by Gasteiger charge is 2.13. The lowest BCUT2D eigenvalue weighted by molar-refractivity contribution is 0.0977. The van der Waals surface area contributed by atoms with Crippen molar-refractivity contribution in [3.05, 3.63) is 72.6 Å². The van der Waals surface area contributed by atoms with E-state index in [0.29, 0.717) is 21.8 Å². The van der Waals surface area contributed by atoms with Crippen molar-refractivity contribution in [3.63, 3.8) is 0 Å². The lowest BCUT2D eigenvalue weighted by Gasteiger charge is -2.11. The second kappa shape index (κ2) is 7.71. The summed E-state index contributed by atoms with van der Waals surface area (Å²) < 4.78 is 1.04. The second-order valence-corrected chi connectivity index (χ2v) is 7.31. The molecule has 0 unspecified atom stereocenters. The molecule has 2 aromatic heterocycles. The quantitative estimate of drug-likeness (QED) is 0.349. The van der Waals surface area contributed by atoms with Gasteiger partial charge in [0, 0.05) is 18.1 Å². The van der Waals surface area contributed by atoms with Crippen LogP contribution in [0.3, 0.4) is 0 Å². The molecule has 28 heavy (non-hydrogen) atoms. The van der Waals surface area contributed by atoms with Crippen molar-refractivity contribution >= 4 is 50.5 Å². The number of amides is 1. The van der Waals surface area contributed by atoms with Crippen LogP contribution in [0.2, 0.25) is 0 Å². The van der Waals surface area contributed by atoms with Crippen LogP contribution in [0.25, 0.3) is 20.8 Å². The van der Waals surface area contributed by atoms with Crippen molar-refractivity contribution in [3.8, 4) is 16.3 Å². The molecule has 0 spiro atoms. The average Bonchev–Trinajstić information content (AvgIpc) is 3.14. The van der Waals surface area contributed by atoms with Gasteiger partial charge in [0.25, 0.3) is 5.91 Å². The minimum absolute atomic E-state index is 0.120. The third kappa shape index (κ3) is 3.83. The summed E-state index contributed by atoms with van der Waals surface area (Å²) in [6.07, 6.45) is 3.05. The van der Waals surface area contributed by atoms with E-state index in [-0.39, 0.29) is 16.8 Å². The molecular formula is C20H14N4O2S2. The molecule has 0 aliphatic heterocycles. The number of benzene rings is 2. The van der Waals surface area contributed by atoms with Crippen LogP contribution >= 0.6 is 23.6 Å². The number of thiocarbonyl (C=S) groups is 1. The minimum Gasteiger partial charge on any atom is -0.507 e. The summed E-state index contributed by atoms with van der Waals surface area (Å²) in [7, 11) is 0. The number of hydrogen-bond acceptors (Lipinski definition) is 6. The molecule has 138 valence electrons. The van der Waals surface area contributed by atoms with E-state index in [9.17, 15) is 9.90 Å². The summed E-state index contributed by atoms with van der Waals surface area (Å²) in [5.41, 5.74) is 2.50. The Morgan fingerprint density at radius 3 is 2.75 bits per heavy atom. The zero-order valence-electron chi connectivity index (χ0n) is 14.4. The van der Waals surface area contributed by atoms with Crippen LogP contribution in [0.1, 0.15) is 10.4 Å². The van der Waals surface area contributed by atoms with Crippen LogP contribution in [-0.2, 0) is 0 Å². The number of hydrogen-bond donors (Lipinski definition) is 3. The number of phenols is 1. The largest absolute Gasteiger partial charge is 0.507 e. The Hall–Kier alpha value is -3.36. The maximum Gasteiger partial charge on any atom is 0.258 e. The number of thiazole rings is 1. The van der Waals surface area contributed by atoms with Gasteiger partial charge in [0.15, 0.2) is 5.11 Å². The fraction of sp³-hybridized carbons (Fsp3) is 0. The van der Waals surface area contributed by atoms with Gasteiger partial charge in [-0.25, -0.2) is 4.98 Å². The molecule has 0 saturated carbocycles. The average molecular weight is 406 g/mol. The number of carbonyl (C=O) groups is 1. The SMILES string of the molecule is O=C(NC(=S)Nc1ccc(O)c(-c2nc3ccccc3s2)c1)c1cccnc1. The van der Waals surface area contributed by atoms with Gasteiger partial charge >= 0.3 is 0 Å². The van der Waals surface area contributed by atoms with Crippen molar-refractivity contribution in [2.75, 3.05) is 5.32 Å². The molecule has 8 heteroatoms. The Morgan fingerprint density at radius 1 is 1.11 bits per heavy atom. The molecule has 0 atom stereocenters. The van der Waals surface area contributed by atoms with Crippen LogP contribution in [0, 0.1) is 0 Å². The molecule has 3 N–H and O–H groups in total. The zero-order chi connectivity index (χ0) is 19.5. The Morgan fingerprint density at radius 2 is 1.96 bits per heavy atom. The van der Waals surface area contributed by atoms with Gasteiger partial charge in [0.05, 0.1) is 21.3 Å². The number of aromatic hydroxyl groups is 1. The molecule has 2 heterocycles. The zero-order valence-corrected chi connectivity index (χ0v) is 16.1. The van der Waals surface area contributed by atoms with Gasteiger partial charge in [-0.1, -0.05) is 12.1 Å². The highest BCUT2D eigenvalue weighted by Crippen LogP contribution is 2.36. The number of aromatic nitrogens is 2. The molecule has 0 bridgehead atoms. The van der Waals surface area contributed by atoms with Gasteiger partial charge in [-0.2, -0.15) is 0 Å². The molecule has 1 amide bonds. The van der Waals surface area contributed by atoms with Crippen molar-refractivity contribution in [1.82, 2.24) is 15.3 Å². The predicted octanol–water partition coefficient (Wildman–Crippen LogP) is 4.19. The maximum atomic E-state index is 12.2. The van der Waals surface area contributed by atoms with Crippen LogP contribution in [0.4, 0.5) is 5.69 Å². The van der Waals surface area contributed by atoms with E-state index >= 15 is 0 Å². The van der Waals surface area contributed by atoms with Gasteiger partial charge in [-0.15, -0.1) is 11.3 Å². The van der Waals surface area contributed by atoms with Gasteiger partial charge in [0.1, 0.15) is 10.8 Å². The highest BCUT2D eigenvalue weighted by molar-refractivity contribution is 7.80. The number of fused-ring (bicyclic) bond motifs is 1. The van der Waals surface area contributed by atoms with E-state index in [4.69, 9.17) is 12.2 Å². The van der Waals surface area contributed by atoms with E-state index < -0.39 is 0 Å². The normalized spacial score (nSPS) is 10.6. The number of phenolic OH excluding ortho intramolecular Hbond substituents is 1. The first-order valence-corrected chi connectivity index (χ1v) is 9.54. The monoisotopic (exact) mass is 406 g/mol. The summed E-state index contributed by atoms with van der Waals surface area (Å²) in [6, 6.07) is 16.1. The Kier molecular flexibility index (Phi) is 4.96. The van der Waals surface area contributed by atoms with Crippen LogP contribution < -0.4 is 10.6 Å². The Balaban J connectivity index is 1.53. The van der Waals surface area contributed by atoms with E-state index in [1.807, 2.05) is 24.3 Å². The summed E-state index contributed by atoms with van der Waals surface area (Å²) in [5, 5.41) is 16.7. The first-order valence-electron chi connectivity index (χ1n) is 8.31. The third-order valence-corrected chi connectivity index (χ3v) is 5.20. The number of anilines is 1. The van der Waals surface area contributed by atoms with Crippen LogP contribution in [0.15, 0.2) is 67.0 Å². The summed E-state index contributed by atoms with van der Waals surface area (Å²) in [6.45, 7) is 0. The van der Waals surface area contributed by atoms with E-state index in [2.05, 4.69) is 20.6 Å². The first-order chi connectivity index (χ1) is 13.6. The summed E-state index contributed by atoms with van der Waals surface area (Å²) >= 11 is 6.71. The van der Waals surface area contributed by atoms with Gasteiger partial charge in [0.2, 0.25) is 0 Å². The van der Waals surface area contributed by atoms with Crippen LogP contribution in [0.5, 0.6) is 5.75 Å². The molecule has 0 aliphatic carbocycles. The lowest BCUT2D eigenvalue weighted by atomic mass is 10.2. The lowest BCUT2D eigenvalue weighted by Crippen LogP contribution is -2.34. The molecular weight excluding hydrogens is 392 g/mol. The highest BCUT2D eigenvalue weighted by atomic mass is 32.1. The van der Waals surface area contributed by atoms with E-state index in [1.165, 1.54) is 17.5 Å². The first kappa shape index (κ1) is 18.0. The topological polar surface area (TPSA) is 87.1 Å². The molecule has 0 aliphatic rings. The number of rotatable bonds is 3. The molecule has 0 fully saturated rings. The smallest absolute Gasteiger partial charge is 0.258 e. The third-order valence-electron chi connectivity index (χ3n) is 3.93. The number of nitrogens with zero attached hydrogens (tertiary/aromatic N) is 2. The second-order valence-electron chi connectivity index (χ2n) is 5.87. The minimum atomic E-state index is -0.351. The van der Waals surface area contributed by atoms with Gasteiger partial charge in [-0.3, -0.25) is 15.1 Å². The molecule has 2 aromatic carbocycles. The van der Waals surface area contributed by atoms with Gasteiger partial charge in [-0.05, 0) is 54.7 Å². The van der Waals surface area contributed by atoms with Gasteiger partial charge < -0.3 is 10.4 Å². The molecule has 4 rings (SSSR count). The Bertz CT molecular complexity index is 1140. The number of pyridine rings is 1. The molecule has 0 radical (unpaired) electrons. The van der Waals surface area contributed by atoms with Crippen LogP contribution in [-0.4, -0.2) is 26.1 Å². The number of para-hydroxylation sites is 1. The number of nitrogens with one attached hydrogen (secondary N) is 2. The standard InChI is InChI=1S/C20H14N4O2S2/c25-16-8-7-13(22-20(27)24-18(26)12-4-3-9-21-11-12)10-14(16)19-23-15-5-1-2-6-17(15)28-19/h1-11,25H,(H2,22,24,26,27). The fourth-order valence-corrected chi connectivity index (χ4v) is 3.81. The molecule has 6 nitrogen and oxygen atoms in total. The summed E-state index contributed by atoms with van der Waals surface area (Å²) in [4.78, 5) is 20.6. The van der Waals surface area contributed by atoms with Crippen molar-refractivity contribution in [1.29, 1.82) is 0 Å². The van der Waals surface area contributed by atoms with E-state index in [0.717, 1.165) is 10.2 Å². The van der Waals surface area contributed by atoms with Crippen molar-refractivity contribution in [2.45, 2.75) is 0 Å². The fourth-order valence-electron chi connectivity index (χ4n) is 2.61. The Labute approximate surface area is 169 Å². The van der Waals surface area contributed by atoms with Crippen molar-refractivity contribution in [2.24, 2.45) is 0 Å². The van der Waals surface area contributed by atoms with E-state index in [1.54, 1.807) is 36.5 Å².